The molecule has 0 radical (unpaired) electrons. The lowest BCUT2D eigenvalue weighted by Crippen LogP contribution is -2.24. The van der Waals surface area contributed by atoms with E-state index in [4.69, 9.17) is 0 Å². The number of aromatic hydroxyl groups is 1. The summed E-state index contributed by atoms with van der Waals surface area (Å²) in [6, 6.07) is 12.5. The van der Waals surface area contributed by atoms with Crippen molar-refractivity contribution < 1.29 is 14.8 Å². The normalized spacial score (nSPS) is 13.2. The number of benzene rings is 2. The summed E-state index contributed by atoms with van der Waals surface area (Å²) in [5.74, 6) is -0.599. The number of nitrogens with one attached hydrogen (secondary N) is 1. The van der Waals surface area contributed by atoms with Gasteiger partial charge in [0.15, 0.2) is 0 Å². The Kier molecular flexibility index (Phi) is 6.66. The maximum atomic E-state index is 13.1. The van der Waals surface area contributed by atoms with E-state index < -0.39 is 16.4 Å². The van der Waals surface area contributed by atoms with Crippen LogP contribution in [0.5, 0.6) is 5.75 Å². The summed E-state index contributed by atoms with van der Waals surface area (Å²) in [6.45, 7) is 0.421. The van der Waals surface area contributed by atoms with Crippen LogP contribution in [0.4, 0.5) is 10.7 Å². The van der Waals surface area contributed by atoms with Crippen molar-refractivity contribution in [1.29, 1.82) is 0 Å². The Morgan fingerprint density at radius 3 is 2.75 bits per heavy atom. The highest BCUT2D eigenvalue weighted by Gasteiger charge is 2.25. The molecule has 0 bridgehead atoms. The van der Waals surface area contributed by atoms with Gasteiger partial charge in [0.2, 0.25) is 5.75 Å². The quantitative estimate of drug-likeness (QED) is 0.251. The fourth-order valence-corrected chi connectivity index (χ4v) is 5.39. The van der Waals surface area contributed by atoms with Crippen molar-refractivity contribution in [2.75, 3.05) is 0 Å². The number of aryl methyl sites for hydroxylation is 1. The summed E-state index contributed by atoms with van der Waals surface area (Å²) in [4.78, 5) is 29.4. The van der Waals surface area contributed by atoms with E-state index >= 15 is 0 Å². The van der Waals surface area contributed by atoms with E-state index in [1.807, 2.05) is 30.3 Å². The number of phenolic OH excluding ortho intramolecular Hbond substituents is 1. The second-order valence-corrected chi connectivity index (χ2v) is 9.38. The zero-order chi connectivity index (χ0) is 22.7. The minimum absolute atomic E-state index is 0.168. The molecule has 7 nitrogen and oxygen atoms in total. The second-order valence-electron chi connectivity index (χ2n) is 7.45. The van der Waals surface area contributed by atoms with E-state index in [1.165, 1.54) is 28.5 Å². The highest BCUT2D eigenvalue weighted by Crippen LogP contribution is 2.40. The molecule has 0 saturated carbocycles. The van der Waals surface area contributed by atoms with E-state index in [0.717, 1.165) is 36.8 Å². The molecule has 1 heterocycles. The number of halogens is 1. The zero-order valence-corrected chi connectivity index (χ0v) is 19.4. The van der Waals surface area contributed by atoms with Crippen LogP contribution in [0.1, 0.15) is 44.8 Å². The van der Waals surface area contributed by atoms with Gasteiger partial charge in [-0.2, -0.15) is 0 Å². The van der Waals surface area contributed by atoms with E-state index in [2.05, 4.69) is 26.2 Å². The third-order valence-electron chi connectivity index (χ3n) is 5.27. The number of fused-ring (bicyclic) bond motifs is 1. The number of amides is 1. The molecule has 0 fully saturated rings. The maximum Gasteiger partial charge on any atom is 0.312 e. The Bertz CT molecular complexity index is 1210. The number of nitro benzene ring substituents is 1. The summed E-state index contributed by atoms with van der Waals surface area (Å²) in [5, 5.41) is 24.7. The van der Waals surface area contributed by atoms with Gasteiger partial charge in [-0.25, -0.2) is 4.99 Å². The van der Waals surface area contributed by atoms with Crippen molar-refractivity contribution in [3.05, 3.63) is 84.2 Å². The molecule has 9 heteroatoms. The molecule has 0 spiro atoms. The molecular formula is C23H20BrN3O4S. The van der Waals surface area contributed by atoms with Crippen LogP contribution in [-0.2, 0) is 19.4 Å². The van der Waals surface area contributed by atoms with Gasteiger partial charge in [-0.15, -0.1) is 11.3 Å². The van der Waals surface area contributed by atoms with E-state index in [1.54, 1.807) is 6.07 Å². The number of nitrogens with zero attached hydrogens (tertiary/aromatic N) is 2. The fraction of sp³-hybridized carbons (Fsp3) is 0.217. The molecular weight excluding hydrogens is 494 g/mol. The summed E-state index contributed by atoms with van der Waals surface area (Å²) in [7, 11) is 0. The maximum absolute atomic E-state index is 13.1. The minimum atomic E-state index is -0.649. The molecule has 1 aliphatic carbocycles. The third kappa shape index (κ3) is 4.73. The summed E-state index contributed by atoms with van der Waals surface area (Å²) < 4.78 is 0.208. The molecule has 0 saturated heterocycles. The number of aliphatic imine (C=N–C) groups is 1. The smallest absolute Gasteiger partial charge is 0.312 e. The van der Waals surface area contributed by atoms with Crippen molar-refractivity contribution in [3.63, 3.8) is 0 Å². The molecule has 1 aliphatic rings. The first-order valence-corrected chi connectivity index (χ1v) is 11.7. The van der Waals surface area contributed by atoms with Crippen LogP contribution in [0.2, 0.25) is 0 Å². The zero-order valence-electron chi connectivity index (χ0n) is 17.0. The van der Waals surface area contributed by atoms with E-state index in [-0.39, 0.29) is 10.4 Å². The van der Waals surface area contributed by atoms with Gasteiger partial charge in [-0.3, -0.25) is 14.9 Å². The van der Waals surface area contributed by atoms with Gasteiger partial charge in [0.25, 0.3) is 5.91 Å². The molecule has 3 aromatic rings. The monoisotopic (exact) mass is 513 g/mol. The highest BCUT2D eigenvalue weighted by atomic mass is 79.9. The topological polar surface area (TPSA) is 105 Å². The van der Waals surface area contributed by atoms with Crippen LogP contribution in [0.15, 0.2) is 51.9 Å². The lowest BCUT2D eigenvalue weighted by molar-refractivity contribution is -0.386. The van der Waals surface area contributed by atoms with Gasteiger partial charge in [-0.1, -0.05) is 30.3 Å². The van der Waals surface area contributed by atoms with E-state index in [0.29, 0.717) is 22.7 Å². The van der Waals surface area contributed by atoms with Gasteiger partial charge in [-0.05, 0) is 58.8 Å². The van der Waals surface area contributed by atoms with Crippen LogP contribution >= 0.6 is 27.3 Å². The molecule has 0 unspecified atom stereocenters. The number of carbonyl (C=O) groups excluding carboxylic acids is 1. The fourth-order valence-electron chi connectivity index (χ4n) is 3.69. The van der Waals surface area contributed by atoms with Crippen LogP contribution in [0.3, 0.4) is 0 Å². The van der Waals surface area contributed by atoms with Crippen molar-refractivity contribution >= 4 is 50.1 Å². The van der Waals surface area contributed by atoms with Gasteiger partial charge in [0.1, 0.15) is 5.00 Å². The number of carbonyl (C=O) groups is 1. The van der Waals surface area contributed by atoms with Gasteiger partial charge in [0.05, 0.1) is 15.0 Å². The number of nitro groups is 1. The van der Waals surface area contributed by atoms with Crippen LogP contribution in [-0.4, -0.2) is 22.2 Å². The molecule has 32 heavy (non-hydrogen) atoms. The van der Waals surface area contributed by atoms with Crippen molar-refractivity contribution in [3.8, 4) is 5.75 Å². The van der Waals surface area contributed by atoms with Gasteiger partial charge < -0.3 is 10.4 Å². The predicted octanol–water partition coefficient (Wildman–Crippen LogP) is 5.68. The lowest BCUT2D eigenvalue weighted by atomic mass is 9.95. The molecule has 0 atom stereocenters. The number of hydrogen-bond acceptors (Lipinski definition) is 6. The largest absolute Gasteiger partial charge is 0.501 e. The summed E-state index contributed by atoms with van der Waals surface area (Å²) in [6.07, 6.45) is 5.36. The van der Waals surface area contributed by atoms with Crippen LogP contribution < -0.4 is 5.32 Å². The summed E-state index contributed by atoms with van der Waals surface area (Å²) >= 11 is 4.64. The van der Waals surface area contributed by atoms with Crippen molar-refractivity contribution in [2.45, 2.75) is 32.2 Å². The Morgan fingerprint density at radius 1 is 1.25 bits per heavy atom. The molecule has 1 aromatic heterocycles. The highest BCUT2D eigenvalue weighted by molar-refractivity contribution is 9.10. The average Bonchev–Trinajstić information content (AvgIpc) is 3.17. The number of hydrogen-bond donors (Lipinski definition) is 2. The number of thiophene rings is 1. The Labute approximate surface area is 197 Å². The predicted molar refractivity (Wildman–Crippen MR) is 128 cm³/mol. The molecule has 164 valence electrons. The van der Waals surface area contributed by atoms with Crippen molar-refractivity contribution in [1.82, 2.24) is 5.32 Å². The van der Waals surface area contributed by atoms with Crippen molar-refractivity contribution in [2.24, 2.45) is 4.99 Å². The summed E-state index contributed by atoms with van der Waals surface area (Å²) in [5.41, 5.74) is 2.69. The van der Waals surface area contributed by atoms with E-state index in [9.17, 15) is 20.0 Å². The Hall–Kier alpha value is -3.04. The number of rotatable bonds is 6. The first-order valence-electron chi connectivity index (χ1n) is 10.1. The minimum Gasteiger partial charge on any atom is -0.501 e. The Balaban J connectivity index is 1.65. The van der Waals surface area contributed by atoms with Gasteiger partial charge in [0, 0.05) is 29.3 Å². The van der Waals surface area contributed by atoms with Crippen LogP contribution in [0, 0.1) is 10.1 Å². The lowest BCUT2D eigenvalue weighted by Gasteiger charge is -2.12. The standard InChI is InChI=1S/C23H20BrN3O4S/c24-17-10-15(11-18(21(17)28)27(30)31)13-26-23-20(16-8-4-5-9-19(16)32-23)22(29)25-12-14-6-2-1-3-7-14/h1-3,6-7,10-11,13,28H,4-5,8-9,12H2,(H,25,29). The first kappa shape index (κ1) is 22.2. The molecule has 2 aromatic carbocycles. The van der Waals surface area contributed by atoms with Crippen LogP contribution in [0.25, 0.3) is 0 Å². The molecule has 1 amide bonds. The molecule has 4 rings (SSSR count). The first-order chi connectivity index (χ1) is 15.4. The average molecular weight is 514 g/mol. The Morgan fingerprint density at radius 2 is 2.00 bits per heavy atom. The molecule has 2 N–H and O–H groups in total. The third-order valence-corrected chi connectivity index (χ3v) is 7.07. The van der Waals surface area contributed by atoms with Gasteiger partial charge >= 0.3 is 5.69 Å². The SMILES string of the molecule is O=C(NCc1ccccc1)c1c(N=Cc2cc(Br)c(O)c([N+](=O)[O-])c2)sc2c1CCCC2. The second kappa shape index (κ2) is 9.62. The molecule has 0 aliphatic heterocycles. The number of phenols is 1.